The second kappa shape index (κ2) is 4.93. The Morgan fingerprint density at radius 2 is 2.24 bits per heavy atom. The molecular formula is C11H10BrIN2O2. The Balaban J connectivity index is 2.32. The lowest BCUT2D eigenvalue weighted by atomic mass is 10.1. The normalized spacial score (nSPS) is 19.8. The van der Waals surface area contributed by atoms with Crippen LogP contribution in [0.25, 0.3) is 0 Å². The summed E-state index contributed by atoms with van der Waals surface area (Å²) in [5.74, 6) is -0.840. The number of nitrogens with two attached hydrogens (primary N) is 1. The lowest BCUT2D eigenvalue weighted by Gasteiger charge is -2.18. The molecule has 0 saturated carbocycles. The van der Waals surface area contributed by atoms with Gasteiger partial charge in [-0.3, -0.25) is 9.59 Å². The summed E-state index contributed by atoms with van der Waals surface area (Å²) < 4.78 is 1.88. The Morgan fingerprint density at radius 1 is 1.53 bits per heavy atom. The Labute approximate surface area is 121 Å². The summed E-state index contributed by atoms with van der Waals surface area (Å²) >= 11 is 5.54. The molecule has 2 N–H and O–H groups in total. The highest BCUT2D eigenvalue weighted by Gasteiger charge is 2.34. The molecule has 2 rings (SSSR count). The van der Waals surface area contributed by atoms with Crippen LogP contribution in [0.5, 0.6) is 0 Å². The van der Waals surface area contributed by atoms with Crippen LogP contribution in [0, 0.1) is 9.49 Å². The lowest BCUT2D eigenvalue weighted by Crippen LogP contribution is -2.28. The van der Waals surface area contributed by atoms with Crippen molar-refractivity contribution in [1.29, 1.82) is 0 Å². The number of carbonyl (C=O) groups excluding carboxylic acids is 2. The molecule has 0 aliphatic carbocycles. The van der Waals surface area contributed by atoms with Crippen LogP contribution in [0.2, 0.25) is 0 Å². The van der Waals surface area contributed by atoms with Crippen molar-refractivity contribution in [2.45, 2.75) is 6.42 Å². The highest BCUT2D eigenvalue weighted by atomic mass is 127. The fraction of sp³-hybridized carbons (Fsp3) is 0.273. The van der Waals surface area contributed by atoms with Crippen molar-refractivity contribution < 1.29 is 9.59 Å². The van der Waals surface area contributed by atoms with Gasteiger partial charge in [-0.05, 0) is 40.8 Å². The van der Waals surface area contributed by atoms with Gasteiger partial charge in [0.15, 0.2) is 0 Å². The molecule has 17 heavy (non-hydrogen) atoms. The number of hydrogen-bond donors (Lipinski definition) is 1. The van der Waals surface area contributed by atoms with Crippen molar-refractivity contribution >= 4 is 56.0 Å². The van der Waals surface area contributed by atoms with E-state index < -0.39 is 5.91 Å². The third-order valence-electron chi connectivity index (χ3n) is 2.73. The van der Waals surface area contributed by atoms with E-state index in [2.05, 4.69) is 38.5 Å². The van der Waals surface area contributed by atoms with E-state index >= 15 is 0 Å². The van der Waals surface area contributed by atoms with Gasteiger partial charge in [-0.15, -0.1) is 0 Å². The van der Waals surface area contributed by atoms with Gasteiger partial charge in [-0.25, -0.2) is 0 Å². The van der Waals surface area contributed by atoms with E-state index in [0.29, 0.717) is 6.54 Å². The average molecular weight is 409 g/mol. The van der Waals surface area contributed by atoms with Gasteiger partial charge in [0.1, 0.15) is 0 Å². The first-order valence-electron chi connectivity index (χ1n) is 5.04. The lowest BCUT2D eigenvalue weighted by molar-refractivity contribution is -0.123. The minimum atomic E-state index is -0.411. The topological polar surface area (TPSA) is 63.4 Å². The molecule has 0 bridgehead atoms. The predicted molar refractivity (Wildman–Crippen MR) is 76.5 cm³/mol. The van der Waals surface area contributed by atoms with E-state index in [4.69, 9.17) is 5.73 Å². The third kappa shape index (κ3) is 2.62. The van der Waals surface area contributed by atoms with E-state index in [1.165, 1.54) is 0 Å². The Morgan fingerprint density at radius 3 is 2.82 bits per heavy atom. The van der Waals surface area contributed by atoms with E-state index in [1.54, 1.807) is 4.90 Å². The van der Waals surface area contributed by atoms with Crippen LogP contribution in [0.4, 0.5) is 5.69 Å². The molecule has 1 aliphatic rings. The molecule has 0 radical (unpaired) electrons. The van der Waals surface area contributed by atoms with Gasteiger partial charge in [0.05, 0.1) is 11.6 Å². The fourth-order valence-corrected chi connectivity index (χ4v) is 2.80. The van der Waals surface area contributed by atoms with Crippen molar-refractivity contribution in [1.82, 2.24) is 0 Å². The van der Waals surface area contributed by atoms with Crippen molar-refractivity contribution in [2.75, 3.05) is 11.4 Å². The number of halogens is 2. The van der Waals surface area contributed by atoms with Crippen LogP contribution in [0.1, 0.15) is 6.42 Å². The first kappa shape index (κ1) is 12.8. The number of amides is 2. The summed E-state index contributed by atoms with van der Waals surface area (Å²) in [4.78, 5) is 24.6. The number of primary amides is 1. The standard InChI is InChI=1S/C11H10BrIN2O2/c12-7-1-2-8(13)9(4-7)15-5-6(11(14)17)3-10(15)16/h1-2,4,6H,3,5H2,(H2,14,17). The van der Waals surface area contributed by atoms with Crippen LogP contribution in [-0.2, 0) is 9.59 Å². The van der Waals surface area contributed by atoms with Gasteiger partial charge in [0, 0.05) is 21.0 Å². The molecule has 1 aromatic carbocycles. The maximum atomic E-state index is 11.9. The van der Waals surface area contributed by atoms with Crippen LogP contribution in [0.15, 0.2) is 22.7 Å². The van der Waals surface area contributed by atoms with Crippen LogP contribution in [0.3, 0.4) is 0 Å². The van der Waals surface area contributed by atoms with Gasteiger partial charge in [0.25, 0.3) is 0 Å². The monoisotopic (exact) mass is 408 g/mol. The predicted octanol–water partition coefficient (Wildman–Crippen LogP) is 1.89. The maximum absolute atomic E-state index is 11.9. The summed E-state index contributed by atoms with van der Waals surface area (Å²) in [6.07, 6.45) is 0.206. The summed E-state index contributed by atoms with van der Waals surface area (Å²) in [5, 5.41) is 0. The zero-order valence-corrected chi connectivity index (χ0v) is 12.6. The van der Waals surface area contributed by atoms with Crippen molar-refractivity contribution in [3.8, 4) is 0 Å². The molecule has 90 valence electrons. The fourth-order valence-electron chi connectivity index (χ4n) is 1.82. The van der Waals surface area contributed by atoms with Crippen molar-refractivity contribution in [3.63, 3.8) is 0 Å². The van der Waals surface area contributed by atoms with Crippen LogP contribution < -0.4 is 10.6 Å². The molecule has 1 aromatic rings. The summed E-state index contributed by atoms with van der Waals surface area (Å²) in [5.41, 5.74) is 6.07. The highest BCUT2D eigenvalue weighted by molar-refractivity contribution is 14.1. The van der Waals surface area contributed by atoms with Crippen LogP contribution in [-0.4, -0.2) is 18.4 Å². The van der Waals surface area contributed by atoms with Crippen molar-refractivity contribution in [2.24, 2.45) is 11.7 Å². The van der Waals surface area contributed by atoms with Gasteiger partial charge in [0.2, 0.25) is 11.8 Å². The molecule has 1 saturated heterocycles. The number of benzene rings is 1. The largest absolute Gasteiger partial charge is 0.369 e. The molecule has 1 atom stereocenters. The summed E-state index contributed by atoms with van der Waals surface area (Å²) in [7, 11) is 0. The summed E-state index contributed by atoms with van der Waals surface area (Å²) in [6, 6.07) is 5.71. The van der Waals surface area contributed by atoms with E-state index in [0.717, 1.165) is 13.7 Å². The first-order valence-corrected chi connectivity index (χ1v) is 6.91. The molecule has 4 nitrogen and oxygen atoms in total. The van der Waals surface area contributed by atoms with Crippen LogP contribution >= 0.6 is 38.5 Å². The Kier molecular flexibility index (Phi) is 3.72. The van der Waals surface area contributed by atoms with E-state index in [-0.39, 0.29) is 18.2 Å². The first-order chi connectivity index (χ1) is 7.99. The van der Waals surface area contributed by atoms with Gasteiger partial charge in [-0.2, -0.15) is 0 Å². The molecule has 2 amide bonds. The third-order valence-corrected chi connectivity index (χ3v) is 4.13. The average Bonchev–Trinajstić information content (AvgIpc) is 2.64. The molecule has 0 spiro atoms. The summed E-state index contributed by atoms with van der Waals surface area (Å²) in [6.45, 7) is 0.376. The maximum Gasteiger partial charge on any atom is 0.227 e. The molecule has 1 unspecified atom stereocenters. The van der Waals surface area contributed by atoms with Gasteiger partial charge in [-0.1, -0.05) is 15.9 Å². The minimum absolute atomic E-state index is 0.0511. The number of rotatable bonds is 2. The molecule has 1 fully saturated rings. The van der Waals surface area contributed by atoms with Gasteiger partial charge >= 0.3 is 0 Å². The number of hydrogen-bond acceptors (Lipinski definition) is 2. The Bertz CT molecular complexity index is 492. The molecule has 1 heterocycles. The molecule has 6 heteroatoms. The zero-order valence-electron chi connectivity index (χ0n) is 8.82. The molecule has 1 aliphatic heterocycles. The second-order valence-electron chi connectivity index (χ2n) is 3.90. The minimum Gasteiger partial charge on any atom is -0.369 e. The Hall–Kier alpha value is -0.630. The zero-order chi connectivity index (χ0) is 12.6. The van der Waals surface area contributed by atoms with E-state index in [9.17, 15) is 9.59 Å². The highest BCUT2D eigenvalue weighted by Crippen LogP contribution is 2.31. The number of anilines is 1. The smallest absolute Gasteiger partial charge is 0.227 e. The van der Waals surface area contributed by atoms with Crippen molar-refractivity contribution in [3.05, 3.63) is 26.2 Å². The number of carbonyl (C=O) groups is 2. The quantitative estimate of drug-likeness (QED) is 0.759. The molecular weight excluding hydrogens is 399 g/mol. The van der Waals surface area contributed by atoms with Gasteiger partial charge < -0.3 is 10.6 Å². The molecule has 0 aromatic heterocycles. The number of nitrogens with zero attached hydrogens (tertiary/aromatic N) is 1. The SMILES string of the molecule is NC(=O)C1CC(=O)N(c2cc(Br)ccc2I)C1. The second-order valence-corrected chi connectivity index (χ2v) is 5.98. The van der Waals surface area contributed by atoms with E-state index in [1.807, 2.05) is 18.2 Å².